The van der Waals surface area contributed by atoms with Crippen LogP contribution in [0, 0.1) is 5.92 Å². The number of likely N-dealkylation sites (tertiary alicyclic amines) is 1. The molecular formula is C22H27N3O3. The van der Waals surface area contributed by atoms with Gasteiger partial charge in [-0.1, -0.05) is 18.2 Å². The zero-order chi connectivity index (χ0) is 19.8. The van der Waals surface area contributed by atoms with Gasteiger partial charge in [-0.15, -0.1) is 0 Å². The van der Waals surface area contributed by atoms with Gasteiger partial charge in [0.25, 0.3) is 0 Å². The first kappa shape index (κ1) is 19.9. The van der Waals surface area contributed by atoms with Crippen LogP contribution in [0.15, 0.2) is 54.6 Å². The van der Waals surface area contributed by atoms with E-state index in [0.29, 0.717) is 18.8 Å². The van der Waals surface area contributed by atoms with Gasteiger partial charge in [0.15, 0.2) is 0 Å². The molecule has 2 amide bonds. The van der Waals surface area contributed by atoms with Crippen LogP contribution < -0.4 is 15.4 Å². The molecule has 1 saturated heterocycles. The average Bonchev–Trinajstić information content (AvgIpc) is 2.70. The highest BCUT2D eigenvalue weighted by molar-refractivity contribution is 5.92. The number of ether oxygens (including phenoxy) is 1. The second kappa shape index (κ2) is 9.90. The number of nitrogens with one attached hydrogen (secondary N) is 2. The summed E-state index contributed by atoms with van der Waals surface area (Å²) in [4.78, 5) is 26.5. The highest BCUT2D eigenvalue weighted by atomic mass is 16.5. The fraction of sp³-hybridized carbons (Fsp3) is 0.364. The Kier molecular flexibility index (Phi) is 7.03. The first-order valence-corrected chi connectivity index (χ1v) is 9.77. The van der Waals surface area contributed by atoms with Crippen molar-refractivity contribution in [1.82, 2.24) is 10.2 Å². The molecule has 2 aromatic rings. The minimum absolute atomic E-state index is 0.0316. The zero-order valence-corrected chi connectivity index (χ0v) is 16.2. The lowest BCUT2D eigenvalue weighted by Crippen LogP contribution is -2.45. The van der Waals surface area contributed by atoms with Crippen molar-refractivity contribution in [3.05, 3.63) is 54.6 Å². The number of benzene rings is 2. The van der Waals surface area contributed by atoms with Crippen molar-refractivity contribution in [2.45, 2.75) is 19.8 Å². The number of para-hydroxylation sites is 1. The number of carbonyl (C=O) groups excluding carboxylic acids is 2. The molecule has 1 heterocycles. The topological polar surface area (TPSA) is 70.7 Å². The second-order valence-electron chi connectivity index (χ2n) is 6.96. The lowest BCUT2D eigenvalue weighted by Gasteiger charge is -2.31. The quantitative estimate of drug-likeness (QED) is 0.772. The first-order chi connectivity index (χ1) is 13.6. The molecule has 28 heavy (non-hydrogen) atoms. The molecule has 1 aliphatic rings. The fourth-order valence-electron chi connectivity index (χ4n) is 3.37. The van der Waals surface area contributed by atoms with Crippen LogP contribution in [0.25, 0.3) is 0 Å². The molecule has 6 nitrogen and oxygen atoms in total. The number of anilines is 1. The molecule has 0 spiro atoms. The summed E-state index contributed by atoms with van der Waals surface area (Å²) in [6.07, 6.45) is 1.81. The highest BCUT2D eigenvalue weighted by Gasteiger charge is 2.26. The van der Waals surface area contributed by atoms with Gasteiger partial charge < -0.3 is 15.4 Å². The van der Waals surface area contributed by atoms with Gasteiger partial charge in [0.05, 0.1) is 12.5 Å². The van der Waals surface area contributed by atoms with Crippen molar-refractivity contribution in [1.29, 1.82) is 0 Å². The summed E-state index contributed by atoms with van der Waals surface area (Å²) in [6, 6.07) is 16.9. The number of carbonyl (C=O) groups is 2. The van der Waals surface area contributed by atoms with Crippen LogP contribution in [0.5, 0.6) is 11.5 Å². The average molecular weight is 381 g/mol. The third kappa shape index (κ3) is 5.82. The van der Waals surface area contributed by atoms with E-state index in [-0.39, 0.29) is 24.3 Å². The number of hydrogen-bond acceptors (Lipinski definition) is 4. The molecule has 1 fully saturated rings. The molecule has 0 saturated carbocycles. The zero-order valence-electron chi connectivity index (χ0n) is 16.2. The van der Waals surface area contributed by atoms with Gasteiger partial charge in [0.1, 0.15) is 11.5 Å². The largest absolute Gasteiger partial charge is 0.457 e. The Labute approximate surface area is 165 Å². The van der Waals surface area contributed by atoms with Gasteiger partial charge in [-0.3, -0.25) is 14.5 Å². The van der Waals surface area contributed by atoms with Crippen LogP contribution in [0.3, 0.4) is 0 Å². The van der Waals surface area contributed by atoms with Crippen molar-refractivity contribution in [3.63, 3.8) is 0 Å². The van der Waals surface area contributed by atoms with Crippen LogP contribution >= 0.6 is 0 Å². The maximum Gasteiger partial charge on any atom is 0.238 e. The van der Waals surface area contributed by atoms with Crippen molar-refractivity contribution in [2.24, 2.45) is 5.92 Å². The minimum Gasteiger partial charge on any atom is -0.457 e. The molecule has 1 unspecified atom stereocenters. The summed E-state index contributed by atoms with van der Waals surface area (Å²) in [5.41, 5.74) is 0.725. The SMILES string of the molecule is CCNC(=O)C1CCCN(CC(=O)Nc2ccc(Oc3ccccc3)cc2)C1. The number of piperidine rings is 1. The van der Waals surface area contributed by atoms with Gasteiger partial charge in [0.2, 0.25) is 11.8 Å². The molecule has 1 aliphatic heterocycles. The van der Waals surface area contributed by atoms with Crippen molar-refractivity contribution in [2.75, 3.05) is 31.5 Å². The smallest absolute Gasteiger partial charge is 0.238 e. The van der Waals surface area contributed by atoms with Gasteiger partial charge in [-0.2, -0.15) is 0 Å². The van der Waals surface area contributed by atoms with E-state index in [2.05, 4.69) is 10.6 Å². The predicted octanol–water partition coefficient (Wildman–Crippen LogP) is 3.27. The predicted molar refractivity (Wildman–Crippen MR) is 109 cm³/mol. The van der Waals surface area contributed by atoms with Crippen LogP contribution in [0.2, 0.25) is 0 Å². The van der Waals surface area contributed by atoms with Crippen molar-refractivity contribution >= 4 is 17.5 Å². The molecule has 6 heteroatoms. The molecule has 1 atom stereocenters. The van der Waals surface area contributed by atoms with Crippen LogP contribution in [-0.4, -0.2) is 42.9 Å². The van der Waals surface area contributed by atoms with E-state index in [1.54, 1.807) is 0 Å². The second-order valence-corrected chi connectivity index (χ2v) is 6.96. The summed E-state index contributed by atoms with van der Waals surface area (Å²) in [6.45, 7) is 4.32. The standard InChI is InChI=1S/C22H27N3O3/c1-2-23-22(27)17-7-6-14-25(15-17)16-21(26)24-18-10-12-20(13-11-18)28-19-8-4-3-5-9-19/h3-5,8-13,17H,2,6-7,14-16H2,1H3,(H,23,27)(H,24,26). The third-order valence-electron chi connectivity index (χ3n) is 4.71. The van der Waals surface area contributed by atoms with E-state index >= 15 is 0 Å². The lowest BCUT2D eigenvalue weighted by atomic mass is 9.97. The summed E-state index contributed by atoms with van der Waals surface area (Å²) >= 11 is 0. The Morgan fingerprint density at radius 1 is 1.07 bits per heavy atom. The minimum atomic E-state index is -0.0757. The molecule has 0 bridgehead atoms. The molecule has 2 aromatic carbocycles. The summed E-state index contributed by atoms with van der Waals surface area (Å²) in [7, 11) is 0. The number of hydrogen-bond donors (Lipinski definition) is 2. The summed E-state index contributed by atoms with van der Waals surface area (Å²) < 4.78 is 5.76. The maximum atomic E-state index is 12.4. The third-order valence-corrected chi connectivity index (χ3v) is 4.71. The van der Waals surface area contributed by atoms with Gasteiger partial charge >= 0.3 is 0 Å². The number of amides is 2. The molecular weight excluding hydrogens is 354 g/mol. The summed E-state index contributed by atoms with van der Waals surface area (Å²) in [5.74, 6) is 1.46. The van der Waals surface area contributed by atoms with Crippen LogP contribution in [0.1, 0.15) is 19.8 Å². The van der Waals surface area contributed by atoms with Crippen molar-refractivity contribution < 1.29 is 14.3 Å². The molecule has 0 radical (unpaired) electrons. The Balaban J connectivity index is 1.48. The monoisotopic (exact) mass is 381 g/mol. The Morgan fingerprint density at radius 3 is 2.50 bits per heavy atom. The fourth-order valence-corrected chi connectivity index (χ4v) is 3.37. The first-order valence-electron chi connectivity index (χ1n) is 9.77. The Bertz CT molecular complexity index is 777. The highest BCUT2D eigenvalue weighted by Crippen LogP contribution is 2.23. The van der Waals surface area contributed by atoms with Gasteiger partial charge in [-0.05, 0) is 62.7 Å². The Morgan fingerprint density at radius 2 is 1.79 bits per heavy atom. The van der Waals surface area contributed by atoms with Crippen molar-refractivity contribution in [3.8, 4) is 11.5 Å². The summed E-state index contributed by atoms with van der Waals surface area (Å²) in [5, 5.41) is 5.79. The number of rotatable bonds is 7. The lowest BCUT2D eigenvalue weighted by molar-refractivity contribution is -0.127. The van der Waals surface area contributed by atoms with Gasteiger partial charge in [-0.25, -0.2) is 0 Å². The van der Waals surface area contributed by atoms with E-state index in [4.69, 9.17) is 4.74 Å². The maximum absolute atomic E-state index is 12.4. The molecule has 2 N–H and O–H groups in total. The van der Waals surface area contributed by atoms with E-state index in [1.807, 2.05) is 66.4 Å². The van der Waals surface area contributed by atoms with Gasteiger partial charge in [0, 0.05) is 18.8 Å². The molecule has 0 aliphatic carbocycles. The van der Waals surface area contributed by atoms with E-state index in [0.717, 1.165) is 30.8 Å². The molecule has 3 rings (SSSR count). The number of nitrogens with zero attached hydrogens (tertiary/aromatic N) is 1. The Hall–Kier alpha value is -2.86. The molecule has 0 aromatic heterocycles. The van der Waals surface area contributed by atoms with E-state index < -0.39 is 0 Å². The van der Waals surface area contributed by atoms with Crippen LogP contribution in [0.4, 0.5) is 5.69 Å². The van der Waals surface area contributed by atoms with E-state index in [9.17, 15) is 9.59 Å². The molecule has 148 valence electrons. The van der Waals surface area contributed by atoms with E-state index in [1.165, 1.54) is 0 Å². The normalized spacial score (nSPS) is 17.0. The van der Waals surface area contributed by atoms with Crippen LogP contribution in [-0.2, 0) is 9.59 Å².